The highest BCUT2D eigenvalue weighted by molar-refractivity contribution is 4.91. The van der Waals surface area contributed by atoms with E-state index in [-0.39, 0.29) is 18.5 Å². The molecule has 0 unspecified atom stereocenters. The van der Waals surface area contributed by atoms with Gasteiger partial charge in [-0.2, -0.15) is 0 Å². The lowest BCUT2D eigenvalue weighted by atomic mass is 9.98. The average Bonchev–Trinajstić information content (AvgIpc) is 2.54. The largest absolute Gasteiger partial charge is 0.388 e. The quantitative estimate of drug-likeness (QED) is 0.703. The highest BCUT2D eigenvalue weighted by Gasteiger charge is 2.47. The Hall–Kier alpha value is -0.320. The van der Waals surface area contributed by atoms with Crippen molar-refractivity contribution in [1.82, 2.24) is 0 Å². The molecular weight excluding hydrogens is 308 g/mol. The molecule has 8 nitrogen and oxygen atoms in total. The molecule has 8 heteroatoms. The Kier molecular flexibility index (Phi) is 6.76. The van der Waals surface area contributed by atoms with E-state index in [1.54, 1.807) is 21.1 Å². The fourth-order valence-corrected chi connectivity index (χ4v) is 3.12. The minimum absolute atomic E-state index is 0.261. The molecule has 0 saturated carbocycles. The smallest absolute Gasteiger partial charge is 0.187 e. The summed E-state index contributed by atoms with van der Waals surface area (Å²) in [4.78, 5) is 0. The summed E-state index contributed by atoms with van der Waals surface area (Å²) in [6, 6.07) is 0. The molecule has 2 rings (SSSR count). The molecule has 2 aliphatic heterocycles. The number of rotatable bonds is 5. The van der Waals surface area contributed by atoms with Gasteiger partial charge in [0.2, 0.25) is 0 Å². The predicted octanol–water partition coefficient (Wildman–Crippen LogP) is -0.350. The lowest BCUT2D eigenvalue weighted by molar-refractivity contribution is -0.338. The fourth-order valence-electron chi connectivity index (χ4n) is 3.12. The molecule has 2 N–H and O–H groups in total. The molecule has 2 saturated heterocycles. The fraction of sp³-hybridized carbons (Fsp3) is 1.00. The normalized spacial score (nSPS) is 48.4. The maximum Gasteiger partial charge on any atom is 0.187 e. The number of hydrogen-bond acceptors (Lipinski definition) is 8. The van der Waals surface area contributed by atoms with E-state index in [2.05, 4.69) is 0 Å². The van der Waals surface area contributed by atoms with Crippen molar-refractivity contribution in [3.05, 3.63) is 0 Å². The Labute approximate surface area is 136 Å². The first-order valence-electron chi connectivity index (χ1n) is 7.83. The Bertz CT molecular complexity index is 367. The lowest BCUT2D eigenvalue weighted by Gasteiger charge is -2.45. The maximum absolute atomic E-state index is 10.3. The third kappa shape index (κ3) is 4.02. The minimum atomic E-state index is -1.11. The molecule has 0 aromatic carbocycles. The van der Waals surface area contributed by atoms with Gasteiger partial charge >= 0.3 is 0 Å². The molecule has 0 radical (unpaired) electrons. The highest BCUT2D eigenvalue weighted by atomic mass is 16.7. The summed E-state index contributed by atoms with van der Waals surface area (Å²) in [6.07, 6.45) is -5.15. The summed E-state index contributed by atoms with van der Waals surface area (Å²) >= 11 is 0. The summed E-state index contributed by atoms with van der Waals surface area (Å²) in [5.74, 6) is 0. The molecule has 0 aromatic heterocycles. The van der Waals surface area contributed by atoms with Crippen LogP contribution in [0.3, 0.4) is 0 Å². The van der Waals surface area contributed by atoms with Crippen LogP contribution in [0.25, 0.3) is 0 Å². The Morgan fingerprint density at radius 3 is 2.09 bits per heavy atom. The van der Waals surface area contributed by atoms with Crippen LogP contribution in [0.5, 0.6) is 0 Å². The van der Waals surface area contributed by atoms with Crippen LogP contribution >= 0.6 is 0 Å². The van der Waals surface area contributed by atoms with Crippen molar-refractivity contribution in [2.75, 3.05) is 21.3 Å². The first-order chi connectivity index (χ1) is 10.9. The zero-order valence-corrected chi connectivity index (χ0v) is 14.2. The van der Waals surface area contributed by atoms with Crippen LogP contribution in [0, 0.1) is 0 Å². The van der Waals surface area contributed by atoms with Gasteiger partial charge in [0.1, 0.15) is 24.4 Å². The Balaban J connectivity index is 2.07. The Morgan fingerprint density at radius 1 is 0.826 bits per heavy atom. The predicted molar refractivity (Wildman–Crippen MR) is 78.8 cm³/mol. The summed E-state index contributed by atoms with van der Waals surface area (Å²) in [7, 11) is 4.60. The topological polar surface area (TPSA) is 95.8 Å². The van der Waals surface area contributed by atoms with E-state index in [1.165, 1.54) is 7.11 Å². The van der Waals surface area contributed by atoms with E-state index < -0.39 is 36.8 Å². The van der Waals surface area contributed by atoms with Crippen LogP contribution in [0.1, 0.15) is 20.3 Å². The van der Waals surface area contributed by atoms with Crippen LogP contribution in [0.4, 0.5) is 0 Å². The molecule has 2 fully saturated rings. The van der Waals surface area contributed by atoms with E-state index in [9.17, 15) is 10.2 Å². The maximum atomic E-state index is 10.3. The first-order valence-corrected chi connectivity index (χ1v) is 7.83. The highest BCUT2D eigenvalue weighted by Crippen LogP contribution is 2.30. The summed E-state index contributed by atoms with van der Waals surface area (Å²) in [5, 5.41) is 20.4. The van der Waals surface area contributed by atoms with E-state index in [0.717, 1.165) is 0 Å². The summed E-state index contributed by atoms with van der Waals surface area (Å²) in [5.41, 5.74) is 0. The SMILES string of the molecule is CO[C@H]1C[C@H](OC)[C@H](O[C@@H]2O[C@H](C)[C@@H](O)[C@@H](OC)[C@H]2O)[C@@H](C)O1. The van der Waals surface area contributed by atoms with Crippen molar-refractivity contribution in [3.8, 4) is 0 Å². The zero-order chi connectivity index (χ0) is 17.1. The summed E-state index contributed by atoms with van der Waals surface area (Å²) < 4.78 is 33.1. The van der Waals surface area contributed by atoms with Crippen molar-refractivity contribution >= 4 is 0 Å². The number of aliphatic hydroxyl groups is 2. The molecule has 0 bridgehead atoms. The molecule has 2 heterocycles. The number of methoxy groups -OCH3 is 3. The van der Waals surface area contributed by atoms with Gasteiger partial charge in [-0.25, -0.2) is 0 Å². The van der Waals surface area contributed by atoms with Gasteiger partial charge in [0.25, 0.3) is 0 Å². The number of ether oxygens (including phenoxy) is 6. The molecule has 0 aromatic rings. The minimum Gasteiger partial charge on any atom is -0.388 e. The summed E-state index contributed by atoms with van der Waals surface area (Å²) in [6.45, 7) is 3.55. The molecule has 2 aliphatic rings. The molecule has 23 heavy (non-hydrogen) atoms. The van der Waals surface area contributed by atoms with Gasteiger partial charge in [-0.05, 0) is 13.8 Å². The molecule has 0 spiro atoms. The number of hydrogen-bond donors (Lipinski definition) is 2. The van der Waals surface area contributed by atoms with Gasteiger partial charge in [-0.15, -0.1) is 0 Å². The van der Waals surface area contributed by atoms with E-state index in [4.69, 9.17) is 28.4 Å². The molecule has 136 valence electrons. The lowest BCUT2D eigenvalue weighted by Crippen LogP contribution is -2.60. The second-order valence-corrected chi connectivity index (χ2v) is 6.01. The van der Waals surface area contributed by atoms with Gasteiger partial charge in [0.05, 0.1) is 18.3 Å². The molecular formula is C15H28O8. The Morgan fingerprint density at radius 2 is 1.52 bits per heavy atom. The molecule has 0 amide bonds. The number of aliphatic hydroxyl groups excluding tert-OH is 2. The molecule has 9 atom stereocenters. The average molecular weight is 336 g/mol. The van der Waals surface area contributed by atoms with Crippen LogP contribution in [0.2, 0.25) is 0 Å². The second kappa shape index (κ2) is 8.17. The van der Waals surface area contributed by atoms with Gasteiger partial charge in [-0.3, -0.25) is 0 Å². The van der Waals surface area contributed by atoms with Crippen molar-refractivity contribution < 1.29 is 38.6 Å². The van der Waals surface area contributed by atoms with Crippen molar-refractivity contribution in [2.24, 2.45) is 0 Å². The van der Waals surface area contributed by atoms with Crippen molar-refractivity contribution in [3.63, 3.8) is 0 Å². The van der Waals surface area contributed by atoms with Crippen LogP contribution in [-0.2, 0) is 28.4 Å². The van der Waals surface area contributed by atoms with Crippen molar-refractivity contribution in [2.45, 2.75) is 75.6 Å². The van der Waals surface area contributed by atoms with Crippen molar-refractivity contribution in [1.29, 1.82) is 0 Å². The van der Waals surface area contributed by atoms with E-state index in [0.29, 0.717) is 6.42 Å². The monoisotopic (exact) mass is 336 g/mol. The third-order valence-corrected chi connectivity index (χ3v) is 4.53. The molecule has 0 aliphatic carbocycles. The van der Waals surface area contributed by atoms with Gasteiger partial charge in [0, 0.05) is 27.8 Å². The van der Waals surface area contributed by atoms with Crippen LogP contribution < -0.4 is 0 Å². The van der Waals surface area contributed by atoms with E-state index >= 15 is 0 Å². The standard InChI is InChI=1S/C15H28O8/c1-7-11(16)14(20-5)12(17)15(22-7)23-13-8(2)21-10(19-4)6-9(13)18-3/h7-17H,6H2,1-5H3/t7-,8-,9+,10-,11-,12-,13-,14-,15+/m1/s1. The second-order valence-electron chi connectivity index (χ2n) is 6.01. The van der Waals surface area contributed by atoms with Gasteiger partial charge in [0.15, 0.2) is 12.6 Å². The van der Waals surface area contributed by atoms with Gasteiger partial charge < -0.3 is 38.6 Å². The van der Waals surface area contributed by atoms with Crippen LogP contribution in [-0.4, -0.2) is 86.9 Å². The first kappa shape index (κ1) is 19.0. The zero-order valence-electron chi connectivity index (χ0n) is 14.2. The third-order valence-electron chi connectivity index (χ3n) is 4.53. The van der Waals surface area contributed by atoms with Crippen LogP contribution in [0.15, 0.2) is 0 Å². The van der Waals surface area contributed by atoms with Gasteiger partial charge in [-0.1, -0.05) is 0 Å². The van der Waals surface area contributed by atoms with E-state index in [1.807, 2.05) is 6.92 Å².